The fourth-order valence-corrected chi connectivity index (χ4v) is 1.17. The van der Waals surface area contributed by atoms with Crippen molar-refractivity contribution in [3.8, 4) is 0 Å². The van der Waals surface area contributed by atoms with Crippen molar-refractivity contribution < 1.29 is 9.59 Å². The molecule has 3 nitrogen and oxygen atoms in total. The molecule has 1 aromatic rings. The van der Waals surface area contributed by atoms with E-state index < -0.39 is 6.04 Å². The lowest BCUT2D eigenvalue weighted by molar-refractivity contribution is 0.101. The minimum Gasteiger partial charge on any atom is -0.321 e. The van der Waals surface area contributed by atoms with Gasteiger partial charge in [0.05, 0.1) is 6.04 Å². The smallest absolute Gasteiger partial charge is 0.217 e. The van der Waals surface area contributed by atoms with Crippen LogP contribution < -0.4 is 5.73 Å². The lowest BCUT2D eigenvalue weighted by Gasteiger charge is -2.03. The molecule has 1 rings (SSSR count). The second-order valence-corrected chi connectivity index (χ2v) is 3.18. The van der Waals surface area contributed by atoms with Gasteiger partial charge in [-0.2, -0.15) is 0 Å². The zero-order chi connectivity index (χ0) is 10.6. The maximum atomic E-state index is 10.9. The predicted molar refractivity (Wildman–Crippen MR) is 53.8 cm³/mol. The molecule has 3 heteroatoms. The minimum atomic E-state index is -0.585. The van der Waals surface area contributed by atoms with Gasteiger partial charge in [0.25, 0.3) is 0 Å². The molecule has 0 spiro atoms. The Hall–Kier alpha value is -1.48. The Labute approximate surface area is 82.9 Å². The van der Waals surface area contributed by atoms with Crippen LogP contribution in [0.1, 0.15) is 22.8 Å². The lowest BCUT2D eigenvalue weighted by Crippen LogP contribution is -2.23. The van der Waals surface area contributed by atoms with Crippen molar-refractivity contribution >= 4 is 12.1 Å². The van der Waals surface area contributed by atoms with E-state index in [4.69, 9.17) is 5.73 Å². The molecule has 73 valence electrons. The van der Waals surface area contributed by atoms with E-state index in [-0.39, 0.29) is 5.78 Å². The number of Topliss-reactive ketones (excluding diaryl/α,β-unsaturated/α-hetero) is 1. The molecule has 0 bridgehead atoms. The van der Waals surface area contributed by atoms with E-state index in [0.717, 1.165) is 5.56 Å². The maximum Gasteiger partial charge on any atom is 0.217 e. The quantitative estimate of drug-likeness (QED) is 0.716. The molecule has 0 fully saturated rings. The summed E-state index contributed by atoms with van der Waals surface area (Å²) in [6, 6.07) is 6.48. The van der Waals surface area contributed by atoms with Crippen molar-refractivity contribution in [1.29, 1.82) is 0 Å². The summed E-state index contributed by atoms with van der Waals surface area (Å²) in [5, 5.41) is 0. The van der Waals surface area contributed by atoms with Crippen molar-refractivity contribution in [2.45, 2.75) is 19.4 Å². The molecule has 0 aromatic heterocycles. The first kappa shape index (κ1) is 10.6. The molecule has 0 saturated carbocycles. The van der Waals surface area contributed by atoms with Gasteiger partial charge in [-0.25, -0.2) is 0 Å². The van der Waals surface area contributed by atoms with Gasteiger partial charge in [0.2, 0.25) is 6.29 Å². The standard InChI is InChI=1S/C11H12NO2/c1-8(14)10-4-2-9(3-5-10)6-11(12)7-13/h2-5,11H,6,12H2,1H3/t11-/m0/s1. The van der Waals surface area contributed by atoms with Gasteiger partial charge in [0, 0.05) is 5.56 Å². The molecule has 1 atom stereocenters. The summed E-state index contributed by atoms with van der Waals surface area (Å²) in [5.41, 5.74) is 7.01. The molecule has 0 aliphatic carbocycles. The van der Waals surface area contributed by atoms with Gasteiger partial charge >= 0.3 is 0 Å². The number of benzene rings is 1. The SMILES string of the molecule is CC(=O)c1ccc(C[C@H](N)[C]=O)cc1. The van der Waals surface area contributed by atoms with Crippen molar-refractivity contribution in [2.75, 3.05) is 0 Å². The number of ketones is 1. The Kier molecular flexibility index (Phi) is 3.54. The van der Waals surface area contributed by atoms with Crippen LogP contribution in [0.15, 0.2) is 24.3 Å². The highest BCUT2D eigenvalue weighted by molar-refractivity contribution is 5.94. The molecular formula is C11H12NO2. The van der Waals surface area contributed by atoms with Gasteiger partial charge in [-0.3, -0.25) is 9.59 Å². The molecule has 0 amide bonds. The average Bonchev–Trinajstić information content (AvgIpc) is 2.18. The van der Waals surface area contributed by atoms with E-state index in [1.165, 1.54) is 6.92 Å². The number of rotatable bonds is 4. The Bertz CT molecular complexity index is 330. The van der Waals surface area contributed by atoms with Crippen LogP contribution >= 0.6 is 0 Å². The molecule has 0 aliphatic rings. The summed E-state index contributed by atoms with van der Waals surface area (Å²) < 4.78 is 0. The summed E-state index contributed by atoms with van der Waals surface area (Å²) in [6.07, 6.45) is 2.17. The van der Waals surface area contributed by atoms with Crippen LogP contribution in [-0.2, 0) is 11.2 Å². The van der Waals surface area contributed by atoms with Crippen molar-refractivity contribution in [3.05, 3.63) is 35.4 Å². The normalized spacial score (nSPS) is 12.1. The van der Waals surface area contributed by atoms with Gasteiger partial charge < -0.3 is 5.73 Å². The van der Waals surface area contributed by atoms with Crippen LogP contribution in [0, 0.1) is 0 Å². The van der Waals surface area contributed by atoms with E-state index in [1.807, 2.05) is 0 Å². The topological polar surface area (TPSA) is 60.2 Å². The van der Waals surface area contributed by atoms with Crippen LogP contribution in [0.5, 0.6) is 0 Å². The number of nitrogens with two attached hydrogens (primary N) is 1. The second kappa shape index (κ2) is 4.67. The summed E-state index contributed by atoms with van der Waals surface area (Å²) >= 11 is 0. The van der Waals surface area contributed by atoms with Crippen molar-refractivity contribution in [1.82, 2.24) is 0 Å². The monoisotopic (exact) mass is 190 g/mol. The number of hydrogen-bond acceptors (Lipinski definition) is 3. The van der Waals surface area contributed by atoms with Crippen LogP contribution in [0.2, 0.25) is 0 Å². The molecule has 2 N–H and O–H groups in total. The Morgan fingerprint density at radius 1 is 1.43 bits per heavy atom. The molecule has 0 saturated heterocycles. The van der Waals surface area contributed by atoms with E-state index in [9.17, 15) is 9.59 Å². The highest BCUT2D eigenvalue weighted by Crippen LogP contribution is 2.06. The highest BCUT2D eigenvalue weighted by atomic mass is 16.1. The fraction of sp³-hybridized carbons (Fsp3) is 0.273. The largest absolute Gasteiger partial charge is 0.321 e. The Balaban J connectivity index is 2.73. The molecule has 0 unspecified atom stereocenters. The predicted octanol–water partition coefficient (Wildman–Crippen LogP) is 0.869. The third kappa shape index (κ3) is 2.78. The second-order valence-electron chi connectivity index (χ2n) is 3.18. The molecule has 0 heterocycles. The summed E-state index contributed by atoms with van der Waals surface area (Å²) in [4.78, 5) is 21.1. The summed E-state index contributed by atoms with van der Waals surface area (Å²) in [7, 11) is 0. The van der Waals surface area contributed by atoms with E-state index in [2.05, 4.69) is 0 Å². The fourth-order valence-electron chi connectivity index (χ4n) is 1.17. The van der Waals surface area contributed by atoms with Gasteiger partial charge in [0.1, 0.15) is 0 Å². The van der Waals surface area contributed by atoms with Gasteiger partial charge in [-0.05, 0) is 18.9 Å². The van der Waals surface area contributed by atoms with Crippen molar-refractivity contribution in [3.63, 3.8) is 0 Å². The van der Waals surface area contributed by atoms with Gasteiger partial charge in [-0.15, -0.1) is 0 Å². The summed E-state index contributed by atoms with van der Waals surface area (Å²) in [5.74, 6) is 0.0304. The number of carbonyl (C=O) groups is 1. The van der Waals surface area contributed by atoms with Crippen LogP contribution in [-0.4, -0.2) is 18.1 Å². The molecular weight excluding hydrogens is 178 g/mol. The lowest BCUT2D eigenvalue weighted by atomic mass is 10.0. The first-order valence-electron chi connectivity index (χ1n) is 4.36. The van der Waals surface area contributed by atoms with E-state index in [1.54, 1.807) is 30.6 Å². The zero-order valence-electron chi connectivity index (χ0n) is 7.99. The molecule has 14 heavy (non-hydrogen) atoms. The molecule has 1 radical (unpaired) electrons. The van der Waals surface area contributed by atoms with Gasteiger partial charge in [-0.1, -0.05) is 24.3 Å². The highest BCUT2D eigenvalue weighted by Gasteiger charge is 2.04. The number of hydrogen-bond donors (Lipinski definition) is 1. The van der Waals surface area contributed by atoms with Crippen molar-refractivity contribution in [2.24, 2.45) is 5.73 Å². The zero-order valence-corrected chi connectivity index (χ0v) is 7.99. The van der Waals surface area contributed by atoms with E-state index in [0.29, 0.717) is 12.0 Å². The number of carbonyl (C=O) groups excluding carboxylic acids is 2. The van der Waals surface area contributed by atoms with Crippen LogP contribution in [0.25, 0.3) is 0 Å². The first-order chi connectivity index (χ1) is 6.63. The maximum absolute atomic E-state index is 10.9. The van der Waals surface area contributed by atoms with Crippen LogP contribution in [0.3, 0.4) is 0 Å². The molecule has 1 aromatic carbocycles. The third-order valence-corrected chi connectivity index (χ3v) is 1.97. The van der Waals surface area contributed by atoms with E-state index >= 15 is 0 Å². The first-order valence-corrected chi connectivity index (χ1v) is 4.36. The Morgan fingerprint density at radius 3 is 2.43 bits per heavy atom. The Morgan fingerprint density at radius 2 is 2.00 bits per heavy atom. The summed E-state index contributed by atoms with van der Waals surface area (Å²) in [6.45, 7) is 1.51. The van der Waals surface area contributed by atoms with Gasteiger partial charge in [0.15, 0.2) is 5.78 Å². The molecule has 0 aliphatic heterocycles. The average molecular weight is 190 g/mol. The van der Waals surface area contributed by atoms with Crippen LogP contribution in [0.4, 0.5) is 0 Å². The third-order valence-electron chi connectivity index (χ3n) is 1.97. The minimum absolute atomic E-state index is 0.0304.